The van der Waals surface area contributed by atoms with Gasteiger partial charge in [-0.3, -0.25) is 14.7 Å². The highest BCUT2D eigenvalue weighted by Crippen LogP contribution is 2.25. The third-order valence-electron chi connectivity index (χ3n) is 6.71. The summed E-state index contributed by atoms with van der Waals surface area (Å²) in [5.74, 6) is 0.790. The van der Waals surface area contributed by atoms with Crippen molar-refractivity contribution in [3.8, 4) is 11.4 Å². The van der Waals surface area contributed by atoms with Crippen LogP contribution in [-0.4, -0.2) is 67.7 Å². The Morgan fingerprint density at radius 1 is 1.00 bits per heavy atom. The Labute approximate surface area is 219 Å². The number of benzene rings is 1. The maximum Gasteiger partial charge on any atom is 0.274 e. The van der Waals surface area contributed by atoms with E-state index >= 15 is 0 Å². The van der Waals surface area contributed by atoms with Gasteiger partial charge in [-0.2, -0.15) is 5.10 Å². The molecule has 8 heteroatoms. The first kappa shape index (κ1) is 26.5. The minimum Gasteiger partial charge on any atom is -0.336 e. The monoisotopic (exact) mass is 502 g/mol. The van der Waals surface area contributed by atoms with Crippen LogP contribution in [0.4, 0.5) is 0 Å². The van der Waals surface area contributed by atoms with E-state index in [1.807, 2.05) is 40.1 Å². The largest absolute Gasteiger partial charge is 0.336 e. The molecule has 0 saturated carbocycles. The maximum absolute atomic E-state index is 13.6. The zero-order valence-electron chi connectivity index (χ0n) is 22.6. The zero-order chi connectivity index (χ0) is 26.5. The molecule has 1 N–H and O–H groups in total. The van der Waals surface area contributed by atoms with E-state index in [2.05, 4.69) is 60.2 Å². The van der Waals surface area contributed by atoms with Gasteiger partial charge in [0.1, 0.15) is 11.4 Å². The second-order valence-electron chi connectivity index (χ2n) is 10.9. The third kappa shape index (κ3) is 6.61. The molecule has 37 heavy (non-hydrogen) atoms. The van der Waals surface area contributed by atoms with Crippen LogP contribution in [0.1, 0.15) is 61.9 Å². The fourth-order valence-electron chi connectivity index (χ4n) is 5.05. The molecule has 1 atom stereocenters. The van der Waals surface area contributed by atoms with Crippen LogP contribution < -0.4 is 0 Å². The van der Waals surface area contributed by atoms with Crippen LogP contribution in [0.5, 0.6) is 0 Å². The molecule has 1 saturated heterocycles. The summed E-state index contributed by atoms with van der Waals surface area (Å²) in [4.78, 5) is 29.6. The van der Waals surface area contributed by atoms with Gasteiger partial charge in [-0.15, -0.1) is 10.2 Å². The van der Waals surface area contributed by atoms with Gasteiger partial charge in [0.15, 0.2) is 5.69 Å². The number of piperazine rings is 1. The van der Waals surface area contributed by atoms with Crippen LogP contribution in [0.25, 0.3) is 11.4 Å². The van der Waals surface area contributed by atoms with Gasteiger partial charge in [0.25, 0.3) is 5.91 Å². The lowest BCUT2D eigenvalue weighted by Gasteiger charge is -2.41. The number of carbonyl (C=O) groups is 2. The topological polar surface area (TPSA) is 95.1 Å². The number of nitrogens with zero attached hydrogens (tertiary/aromatic N) is 5. The van der Waals surface area contributed by atoms with Crippen molar-refractivity contribution >= 4 is 11.8 Å². The molecule has 0 bridgehead atoms. The van der Waals surface area contributed by atoms with E-state index in [-0.39, 0.29) is 17.9 Å². The average molecular weight is 503 g/mol. The van der Waals surface area contributed by atoms with Gasteiger partial charge in [-0.1, -0.05) is 58.0 Å². The van der Waals surface area contributed by atoms with Crippen LogP contribution in [-0.2, 0) is 24.1 Å². The van der Waals surface area contributed by atoms with Crippen molar-refractivity contribution < 1.29 is 9.59 Å². The highest BCUT2D eigenvalue weighted by Gasteiger charge is 2.32. The van der Waals surface area contributed by atoms with Gasteiger partial charge < -0.3 is 9.80 Å². The summed E-state index contributed by atoms with van der Waals surface area (Å²) >= 11 is 0. The fraction of sp³-hybridized carbons (Fsp3) is 0.483. The molecule has 1 unspecified atom stereocenters. The molecule has 3 aromatic rings. The molecule has 3 heterocycles. The number of amides is 2. The van der Waals surface area contributed by atoms with Crippen molar-refractivity contribution in [2.75, 3.05) is 19.6 Å². The summed E-state index contributed by atoms with van der Waals surface area (Å²) in [5.41, 5.74) is 5.00. The minimum atomic E-state index is -0.146. The third-order valence-corrected chi connectivity index (χ3v) is 6.71. The number of aromatic amines is 1. The summed E-state index contributed by atoms with van der Waals surface area (Å²) in [5, 5.41) is 16.5. The molecule has 2 amide bonds. The van der Waals surface area contributed by atoms with E-state index in [0.29, 0.717) is 43.6 Å². The fourth-order valence-corrected chi connectivity index (χ4v) is 5.05. The lowest BCUT2D eigenvalue weighted by atomic mass is 9.99. The number of aromatic nitrogens is 4. The second kappa shape index (κ2) is 11.7. The van der Waals surface area contributed by atoms with Gasteiger partial charge >= 0.3 is 0 Å². The smallest absolute Gasteiger partial charge is 0.274 e. The van der Waals surface area contributed by atoms with Gasteiger partial charge in [0.2, 0.25) is 5.91 Å². The molecule has 1 fully saturated rings. The summed E-state index contributed by atoms with van der Waals surface area (Å²) in [7, 11) is 0. The van der Waals surface area contributed by atoms with Crippen LogP contribution in [0.15, 0.2) is 42.5 Å². The van der Waals surface area contributed by atoms with Crippen LogP contribution in [0.2, 0.25) is 0 Å². The van der Waals surface area contributed by atoms with E-state index < -0.39 is 0 Å². The molecule has 0 spiro atoms. The molecule has 0 aliphatic carbocycles. The number of H-pyrrole nitrogens is 1. The predicted molar refractivity (Wildman–Crippen MR) is 144 cm³/mol. The van der Waals surface area contributed by atoms with E-state index in [4.69, 9.17) is 0 Å². The SMILES string of the molecule is CC(=O)N1CCN(C(=O)c2cc(CC(C)C)c(-c3cc(CC(C)C)[nH]n3)nn2)CC1Cc1ccccc1. The van der Waals surface area contributed by atoms with Crippen LogP contribution >= 0.6 is 0 Å². The van der Waals surface area contributed by atoms with Gasteiger partial charge in [-0.05, 0) is 54.4 Å². The minimum absolute atomic E-state index is 0.0345. The van der Waals surface area contributed by atoms with E-state index in [1.165, 1.54) is 0 Å². The van der Waals surface area contributed by atoms with E-state index in [0.717, 1.165) is 41.1 Å². The molecular formula is C29H38N6O2. The van der Waals surface area contributed by atoms with Crippen molar-refractivity contribution in [2.24, 2.45) is 11.8 Å². The highest BCUT2D eigenvalue weighted by molar-refractivity contribution is 5.93. The van der Waals surface area contributed by atoms with E-state index in [1.54, 1.807) is 6.92 Å². The summed E-state index contributed by atoms with van der Waals surface area (Å²) in [6.07, 6.45) is 2.38. The first-order valence-electron chi connectivity index (χ1n) is 13.2. The Hall–Kier alpha value is -3.55. The lowest BCUT2D eigenvalue weighted by Crippen LogP contribution is -2.57. The molecular weight excluding hydrogens is 464 g/mol. The van der Waals surface area contributed by atoms with Crippen LogP contribution in [0.3, 0.4) is 0 Å². The summed E-state index contributed by atoms with van der Waals surface area (Å²) in [6.45, 7) is 11.7. The molecule has 196 valence electrons. The van der Waals surface area contributed by atoms with E-state index in [9.17, 15) is 9.59 Å². The molecule has 8 nitrogen and oxygen atoms in total. The molecule has 1 aliphatic rings. The maximum atomic E-state index is 13.6. The van der Waals surface area contributed by atoms with Crippen molar-refractivity contribution in [2.45, 2.75) is 59.9 Å². The Kier molecular flexibility index (Phi) is 8.36. The Bertz CT molecular complexity index is 1220. The Morgan fingerprint density at radius 3 is 2.41 bits per heavy atom. The molecule has 1 aromatic carbocycles. The summed E-state index contributed by atoms with van der Waals surface area (Å²) in [6, 6.07) is 13.9. The molecule has 2 aromatic heterocycles. The van der Waals surface area contributed by atoms with Gasteiger partial charge in [0, 0.05) is 32.3 Å². The highest BCUT2D eigenvalue weighted by atomic mass is 16.2. The van der Waals surface area contributed by atoms with Crippen molar-refractivity contribution in [3.05, 3.63) is 65.0 Å². The Balaban J connectivity index is 1.57. The first-order chi connectivity index (χ1) is 17.7. The number of rotatable bonds is 8. The average Bonchev–Trinajstić information content (AvgIpc) is 3.31. The van der Waals surface area contributed by atoms with Gasteiger partial charge in [-0.25, -0.2) is 0 Å². The van der Waals surface area contributed by atoms with Crippen molar-refractivity contribution in [3.63, 3.8) is 0 Å². The normalized spacial score (nSPS) is 16.0. The number of nitrogens with one attached hydrogen (secondary N) is 1. The van der Waals surface area contributed by atoms with Gasteiger partial charge in [0.05, 0.1) is 6.04 Å². The number of hydrogen-bond donors (Lipinski definition) is 1. The quantitative estimate of drug-likeness (QED) is 0.499. The van der Waals surface area contributed by atoms with Crippen molar-refractivity contribution in [1.82, 2.24) is 30.2 Å². The molecule has 1 aliphatic heterocycles. The second-order valence-corrected chi connectivity index (χ2v) is 10.9. The molecule has 4 rings (SSSR count). The zero-order valence-corrected chi connectivity index (χ0v) is 22.6. The van der Waals surface area contributed by atoms with Crippen molar-refractivity contribution in [1.29, 1.82) is 0 Å². The lowest BCUT2D eigenvalue weighted by molar-refractivity contribution is -0.133. The predicted octanol–water partition coefficient (Wildman–Crippen LogP) is 4.18. The Morgan fingerprint density at radius 2 is 1.73 bits per heavy atom. The molecule has 0 radical (unpaired) electrons. The first-order valence-corrected chi connectivity index (χ1v) is 13.2. The number of carbonyl (C=O) groups excluding carboxylic acids is 2. The standard InChI is InChI=1S/C29H38N6O2/c1-19(2)13-23-16-27(32-33-28(23)26-17-24(30-31-26)14-20(3)4)29(37)34-11-12-35(21(5)36)25(18-34)15-22-9-7-6-8-10-22/h6-10,16-17,19-20,25H,11-15,18H2,1-5H3,(H,30,31). The number of hydrogen-bond acceptors (Lipinski definition) is 5. The van der Waals surface area contributed by atoms with Crippen LogP contribution in [0, 0.1) is 11.8 Å². The summed E-state index contributed by atoms with van der Waals surface area (Å²) < 4.78 is 0.